The van der Waals surface area contributed by atoms with Crippen LogP contribution in [0, 0.1) is 13.8 Å². The fraction of sp³-hybridized carbons (Fsp3) is 0.200. The second kappa shape index (κ2) is 6.30. The predicted octanol–water partition coefficient (Wildman–Crippen LogP) is -0.442. The number of carbonyl (C=O) groups excluding carboxylic acids is 3. The third kappa shape index (κ3) is 3.20. The smallest absolute Gasteiger partial charge is 0.254 e. The highest BCUT2D eigenvalue weighted by molar-refractivity contribution is 6.08. The zero-order valence-electron chi connectivity index (χ0n) is 12.7. The molecule has 2 aromatic heterocycles. The summed E-state index contributed by atoms with van der Waals surface area (Å²) >= 11 is 0. The van der Waals surface area contributed by atoms with Crippen molar-refractivity contribution in [3.8, 4) is 5.82 Å². The molecule has 2 rings (SSSR count). The maximum atomic E-state index is 12.3. The summed E-state index contributed by atoms with van der Waals surface area (Å²) in [6.45, 7) is 3.55. The van der Waals surface area contributed by atoms with Gasteiger partial charge in [-0.05, 0) is 32.0 Å². The molecule has 5 N–H and O–H groups in total. The van der Waals surface area contributed by atoms with E-state index in [4.69, 9.17) is 11.5 Å². The molecule has 0 atom stereocenters. The molecule has 8 heteroatoms. The van der Waals surface area contributed by atoms with Crippen molar-refractivity contribution >= 4 is 17.7 Å². The molecule has 2 aromatic rings. The topological polar surface area (TPSA) is 133 Å². The zero-order chi connectivity index (χ0) is 17.1. The highest BCUT2D eigenvalue weighted by Crippen LogP contribution is 2.19. The molecule has 0 aliphatic heterocycles. The number of primary amides is 2. The van der Waals surface area contributed by atoms with Crippen LogP contribution in [0.4, 0.5) is 0 Å². The number of hydrogen-bond donors (Lipinski definition) is 3. The number of aryl methyl sites for hydroxylation is 1. The van der Waals surface area contributed by atoms with Crippen LogP contribution in [0.25, 0.3) is 5.82 Å². The van der Waals surface area contributed by atoms with Crippen molar-refractivity contribution in [1.29, 1.82) is 0 Å². The first-order valence-corrected chi connectivity index (χ1v) is 6.82. The molecule has 3 amide bonds. The Morgan fingerprint density at radius 2 is 1.83 bits per heavy atom. The van der Waals surface area contributed by atoms with Crippen molar-refractivity contribution in [3.63, 3.8) is 0 Å². The van der Waals surface area contributed by atoms with Crippen molar-refractivity contribution in [2.24, 2.45) is 11.5 Å². The summed E-state index contributed by atoms with van der Waals surface area (Å²) in [5.74, 6) is -1.97. The number of aromatic nitrogens is 2. The molecule has 0 aromatic carbocycles. The van der Waals surface area contributed by atoms with Gasteiger partial charge in [-0.3, -0.25) is 14.4 Å². The van der Waals surface area contributed by atoms with Gasteiger partial charge < -0.3 is 21.4 Å². The SMILES string of the molecule is Cc1cc(C(=O)NC(C(N)=O)C(N)=O)c(C)n1-c1ccccn1. The van der Waals surface area contributed by atoms with Crippen molar-refractivity contribution in [2.75, 3.05) is 0 Å². The van der Waals surface area contributed by atoms with Gasteiger partial charge in [0.05, 0.1) is 5.56 Å². The molecule has 2 heterocycles. The second-order valence-electron chi connectivity index (χ2n) is 5.02. The van der Waals surface area contributed by atoms with E-state index >= 15 is 0 Å². The molecule has 0 bridgehead atoms. The van der Waals surface area contributed by atoms with E-state index in [1.54, 1.807) is 35.9 Å². The fourth-order valence-corrected chi connectivity index (χ4v) is 2.32. The van der Waals surface area contributed by atoms with E-state index in [-0.39, 0.29) is 0 Å². The van der Waals surface area contributed by atoms with Gasteiger partial charge in [0.1, 0.15) is 5.82 Å². The molecule has 0 spiro atoms. The first kappa shape index (κ1) is 16.2. The van der Waals surface area contributed by atoms with E-state index in [0.717, 1.165) is 5.69 Å². The van der Waals surface area contributed by atoms with Crippen molar-refractivity contribution in [2.45, 2.75) is 19.9 Å². The fourth-order valence-electron chi connectivity index (χ4n) is 2.32. The normalized spacial score (nSPS) is 10.6. The van der Waals surface area contributed by atoms with Crippen molar-refractivity contribution in [1.82, 2.24) is 14.9 Å². The quantitative estimate of drug-likeness (QED) is 0.645. The van der Waals surface area contributed by atoms with Crippen LogP contribution in [0.15, 0.2) is 30.5 Å². The lowest BCUT2D eigenvalue weighted by Crippen LogP contribution is -2.52. The highest BCUT2D eigenvalue weighted by Gasteiger charge is 2.26. The Balaban J connectivity index is 2.37. The van der Waals surface area contributed by atoms with Gasteiger partial charge in [-0.2, -0.15) is 0 Å². The predicted molar refractivity (Wildman–Crippen MR) is 82.7 cm³/mol. The monoisotopic (exact) mass is 315 g/mol. The molecule has 0 aliphatic rings. The summed E-state index contributed by atoms with van der Waals surface area (Å²) in [6.07, 6.45) is 1.64. The minimum Gasteiger partial charge on any atom is -0.367 e. The van der Waals surface area contributed by atoms with E-state index in [9.17, 15) is 14.4 Å². The lowest BCUT2D eigenvalue weighted by atomic mass is 10.2. The molecule has 0 saturated carbocycles. The maximum Gasteiger partial charge on any atom is 0.254 e. The summed E-state index contributed by atoms with van der Waals surface area (Å²) in [5, 5.41) is 2.24. The van der Waals surface area contributed by atoms with Crippen molar-refractivity contribution in [3.05, 3.63) is 47.4 Å². The van der Waals surface area contributed by atoms with E-state index in [0.29, 0.717) is 17.1 Å². The molecule has 0 radical (unpaired) electrons. The molecule has 0 aliphatic carbocycles. The van der Waals surface area contributed by atoms with E-state index in [2.05, 4.69) is 10.3 Å². The third-order valence-electron chi connectivity index (χ3n) is 3.40. The van der Waals surface area contributed by atoms with Gasteiger partial charge in [-0.1, -0.05) is 6.07 Å². The molecule has 0 saturated heterocycles. The Kier molecular flexibility index (Phi) is 4.44. The molecule has 120 valence electrons. The Bertz CT molecular complexity index is 753. The second-order valence-corrected chi connectivity index (χ2v) is 5.02. The van der Waals surface area contributed by atoms with Crippen LogP contribution in [0.3, 0.4) is 0 Å². The summed E-state index contributed by atoms with van der Waals surface area (Å²) in [5.41, 5.74) is 11.8. The summed E-state index contributed by atoms with van der Waals surface area (Å²) < 4.78 is 1.79. The lowest BCUT2D eigenvalue weighted by molar-refractivity contribution is -0.128. The van der Waals surface area contributed by atoms with Crippen LogP contribution in [0.5, 0.6) is 0 Å². The summed E-state index contributed by atoms with van der Waals surface area (Å²) in [4.78, 5) is 38.9. The number of hydrogen-bond acceptors (Lipinski definition) is 4. The van der Waals surface area contributed by atoms with Crippen LogP contribution in [0.2, 0.25) is 0 Å². The minimum absolute atomic E-state index is 0.306. The first-order chi connectivity index (χ1) is 10.8. The van der Waals surface area contributed by atoms with Gasteiger partial charge in [-0.25, -0.2) is 4.98 Å². The number of nitrogens with two attached hydrogens (primary N) is 2. The number of amides is 3. The average molecular weight is 315 g/mol. The van der Waals surface area contributed by atoms with Gasteiger partial charge in [0.2, 0.25) is 11.8 Å². The summed E-state index contributed by atoms with van der Waals surface area (Å²) in [7, 11) is 0. The van der Waals surface area contributed by atoms with Gasteiger partial charge in [0.15, 0.2) is 6.04 Å². The van der Waals surface area contributed by atoms with Gasteiger partial charge in [0.25, 0.3) is 5.91 Å². The van der Waals surface area contributed by atoms with E-state index < -0.39 is 23.8 Å². The van der Waals surface area contributed by atoms with Crippen LogP contribution in [-0.2, 0) is 9.59 Å². The Labute approximate surface area is 132 Å². The van der Waals surface area contributed by atoms with Gasteiger partial charge in [-0.15, -0.1) is 0 Å². The molecule has 23 heavy (non-hydrogen) atoms. The molecule has 0 unspecified atom stereocenters. The molecule has 0 fully saturated rings. The van der Waals surface area contributed by atoms with Crippen LogP contribution in [-0.4, -0.2) is 33.3 Å². The number of carbonyl (C=O) groups is 3. The molecular formula is C15H17N5O3. The Hall–Kier alpha value is -3.16. The first-order valence-electron chi connectivity index (χ1n) is 6.82. The molecule has 8 nitrogen and oxygen atoms in total. The Morgan fingerprint density at radius 1 is 1.17 bits per heavy atom. The van der Waals surface area contributed by atoms with Gasteiger partial charge in [0, 0.05) is 17.6 Å². The van der Waals surface area contributed by atoms with E-state index in [1.165, 1.54) is 0 Å². The number of nitrogens with one attached hydrogen (secondary N) is 1. The van der Waals surface area contributed by atoms with Crippen LogP contribution < -0.4 is 16.8 Å². The number of nitrogens with zero attached hydrogens (tertiary/aromatic N) is 2. The average Bonchev–Trinajstić information content (AvgIpc) is 2.79. The highest BCUT2D eigenvalue weighted by atomic mass is 16.2. The van der Waals surface area contributed by atoms with Crippen LogP contribution >= 0.6 is 0 Å². The van der Waals surface area contributed by atoms with Crippen molar-refractivity contribution < 1.29 is 14.4 Å². The summed E-state index contributed by atoms with van der Waals surface area (Å²) in [6, 6.07) is 5.50. The third-order valence-corrected chi connectivity index (χ3v) is 3.40. The minimum atomic E-state index is -1.56. The molecular weight excluding hydrogens is 298 g/mol. The number of pyridine rings is 1. The lowest BCUT2D eigenvalue weighted by Gasteiger charge is -2.12. The number of rotatable bonds is 5. The van der Waals surface area contributed by atoms with E-state index in [1.807, 2.05) is 13.0 Å². The van der Waals surface area contributed by atoms with Crippen LogP contribution in [0.1, 0.15) is 21.7 Å². The zero-order valence-corrected chi connectivity index (χ0v) is 12.7. The Morgan fingerprint density at radius 3 is 2.35 bits per heavy atom. The largest absolute Gasteiger partial charge is 0.367 e. The van der Waals surface area contributed by atoms with Gasteiger partial charge >= 0.3 is 0 Å². The maximum absolute atomic E-state index is 12.3. The standard InChI is InChI=1S/C15H17N5O3/c1-8-7-10(15(23)19-12(13(16)21)14(17)22)9(2)20(8)11-5-3-4-6-18-11/h3-7,12H,1-2H3,(H2,16,21)(H2,17,22)(H,19,23).